The van der Waals surface area contributed by atoms with Crippen molar-refractivity contribution in [2.75, 3.05) is 23.0 Å². The van der Waals surface area contributed by atoms with Crippen LogP contribution in [-0.2, 0) is 33.6 Å². The Morgan fingerprint density at radius 1 is 1.07 bits per heavy atom. The highest BCUT2D eigenvalue weighted by molar-refractivity contribution is 8.00. The molecule has 0 saturated heterocycles. The molecule has 1 unspecified atom stereocenters. The summed E-state index contributed by atoms with van der Waals surface area (Å²) >= 11 is 8.79. The van der Waals surface area contributed by atoms with Crippen molar-refractivity contribution < 1.29 is 19.1 Å². The van der Waals surface area contributed by atoms with Gasteiger partial charge in [-0.3, -0.25) is 9.59 Å². The number of esters is 1. The first-order valence-corrected chi connectivity index (χ1v) is 15.6. The zero-order valence-electron chi connectivity index (χ0n) is 23.3. The number of fused-ring (bicyclic) bond motifs is 1. The van der Waals surface area contributed by atoms with Crippen LogP contribution in [0, 0.1) is 11.3 Å². The quantitative estimate of drug-likeness (QED) is 0.195. The molecule has 2 amide bonds. The Kier molecular flexibility index (Phi) is 9.98. The van der Waals surface area contributed by atoms with Crippen molar-refractivity contribution in [1.82, 2.24) is 0 Å². The van der Waals surface area contributed by atoms with E-state index in [1.54, 1.807) is 19.1 Å². The van der Waals surface area contributed by atoms with Gasteiger partial charge in [0.05, 0.1) is 24.3 Å². The molecule has 2 N–H and O–H groups in total. The molecule has 0 spiro atoms. The van der Waals surface area contributed by atoms with Gasteiger partial charge in [-0.25, -0.2) is 4.79 Å². The molecule has 1 heterocycles. The number of ether oxygens (including phenoxy) is 1. The maximum Gasteiger partial charge on any atom is 0.341 e. The van der Waals surface area contributed by atoms with Gasteiger partial charge in [-0.15, -0.1) is 23.1 Å². The molecular formula is C31H35ClN2O4S2. The summed E-state index contributed by atoms with van der Waals surface area (Å²) in [6, 6.07) is 14.6. The number of amides is 2. The topological polar surface area (TPSA) is 84.5 Å². The number of thiophene rings is 1. The van der Waals surface area contributed by atoms with Crippen molar-refractivity contribution >= 4 is 63.2 Å². The average Bonchev–Trinajstić information content (AvgIpc) is 3.25. The molecule has 1 aliphatic rings. The van der Waals surface area contributed by atoms with Crippen LogP contribution in [0.4, 0.5) is 10.7 Å². The monoisotopic (exact) mass is 598 g/mol. The van der Waals surface area contributed by atoms with E-state index < -0.39 is 0 Å². The minimum atomic E-state index is -0.376. The summed E-state index contributed by atoms with van der Waals surface area (Å²) in [6.45, 7) is 8.83. The van der Waals surface area contributed by atoms with E-state index in [-0.39, 0.29) is 42.0 Å². The van der Waals surface area contributed by atoms with E-state index in [9.17, 15) is 14.4 Å². The molecule has 1 atom stereocenters. The number of anilines is 2. The van der Waals surface area contributed by atoms with Crippen LogP contribution in [0.5, 0.6) is 0 Å². The first kappa shape index (κ1) is 30.2. The highest BCUT2D eigenvalue weighted by Crippen LogP contribution is 2.44. The number of halogens is 1. The number of rotatable bonds is 9. The molecule has 1 aliphatic carbocycles. The van der Waals surface area contributed by atoms with Gasteiger partial charge in [0.25, 0.3) is 0 Å². The van der Waals surface area contributed by atoms with Crippen molar-refractivity contribution in [3.8, 4) is 0 Å². The van der Waals surface area contributed by atoms with E-state index in [2.05, 4.69) is 31.4 Å². The molecule has 9 heteroatoms. The van der Waals surface area contributed by atoms with E-state index in [1.165, 1.54) is 28.0 Å². The second kappa shape index (κ2) is 13.2. The Bertz CT molecular complexity index is 1380. The van der Waals surface area contributed by atoms with Crippen molar-refractivity contribution in [3.63, 3.8) is 0 Å². The summed E-state index contributed by atoms with van der Waals surface area (Å²) in [5, 5.41) is 7.10. The number of thioether (sulfide) groups is 1. The third-order valence-corrected chi connectivity index (χ3v) is 9.40. The van der Waals surface area contributed by atoms with Crippen LogP contribution >= 0.6 is 34.7 Å². The molecule has 212 valence electrons. The SMILES string of the molecule is CCOC(=O)c1c(NC(=O)CSc2cccc(NC(=O)Cc3ccc(Cl)cc3)c2)sc2c1CCC(C(C)(C)C)C2. The predicted octanol–water partition coefficient (Wildman–Crippen LogP) is 7.64. The normalized spacial score (nSPS) is 14.8. The van der Waals surface area contributed by atoms with E-state index in [0.29, 0.717) is 27.2 Å². The molecule has 3 aromatic rings. The highest BCUT2D eigenvalue weighted by atomic mass is 35.5. The zero-order chi connectivity index (χ0) is 28.9. The second-order valence-electron chi connectivity index (χ2n) is 11.0. The van der Waals surface area contributed by atoms with E-state index in [0.717, 1.165) is 35.3 Å². The summed E-state index contributed by atoms with van der Waals surface area (Å²) in [5.74, 6) is -0.0221. The summed E-state index contributed by atoms with van der Waals surface area (Å²) in [7, 11) is 0. The van der Waals surface area contributed by atoms with Gasteiger partial charge in [-0.1, -0.05) is 50.6 Å². The summed E-state index contributed by atoms with van der Waals surface area (Å²) in [6.07, 6.45) is 2.95. The molecule has 40 heavy (non-hydrogen) atoms. The van der Waals surface area contributed by atoms with Gasteiger partial charge in [0, 0.05) is 20.5 Å². The molecule has 0 fully saturated rings. The van der Waals surface area contributed by atoms with Crippen LogP contribution in [0.15, 0.2) is 53.4 Å². The largest absolute Gasteiger partial charge is 0.462 e. The molecule has 0 radical (unpaired) electrons. The Labute approximate surface area is 249 Å². The number of hydrogen-bond acceptors (Lipinski definition) is 6. The number of carbonyl (C=O) groups excluding carboxylic acids is 3. The summed E-state index contributed by atoms with van der Waals surface area (Å²) < 4.78 is 5.36. The third-order valence-electron chi connectivity index (χ3n) is 6.99. The lowest BCUT2D eigenvalue weighted by Crippen LogP contribution is -2.26. The minimum Gasteiger partial charge on any atom is -0.462 e. The lowest BCUT2D eigenvalue weighted by Gasteiger charge is -2.33. The van der Waals surface area contributed by atoms with Crippen molar-refractivity contribution in [2.24, 2.45) is 11.3 Å². The highest BCUT2D eigenvalue weighted by Gasteiger charge is 2.34. The Hall–Kier alpha value is -2.81. The van der Waals surface area contributed by atoms with E-state index in [4.69, 9.17) is 16.3 Å². The summed E-state index contributed by atoms with van der Waals surface area (Å²) in [4.78, 5) is 40.4. The maximum atomic E-state index is 13.0. The van der Waals surface area contributed by atoms with Crippen molar-refractivity contribution in [1.29, 1.82) is 0 Å². The second-order valence-corrected chi connectivity index (χ2v) is 13.5. The Balaban J connectivity index is 1.39. The Morgan fingerprint density at radius 2 is 1.82 bits per heavy atom. The van der Waals surface area contributed by atoms with Gasteiger partial charge in [-0.05, 0) is 79.0 Å². The van der Waals surface area contributed by atoms with E-state index in [1.807, 2.05) is 36.4 Å². The predicted molar refractivity (Wildman–Crippen MR) is 165 cm³/mol. The van der Waals surface area contributed by atoms with Gasteiger partial charge in [0.1, 0.15) is 5.00 Å². The molecule has 1 aromatic heterocycles. The van der Waals surface area contributed by atoms with Crippen LogP contribution in [0.2, 0.25) is 5.02 Å². The first-order chi connectivity index (χ1) is 19.0. The molecule has 0 bridgehead atoms. The maximum absolute atomic E-state index is 13.0. The van der Waals surface area contributed by atoms with Crippen LogP contribution in [-0.4, -0.2) is 30.1 Å². The van der Waals surface area contributed by atoms with Crippen LogP contribution in [0.3, 0.4) is 0 Å². The van der Waals surface area contributed by atoms with Gasteiger partial charge in [0.2, 0.25) is 11.8 Å². The average molecular weight is 599 g/mol. The smallest absolute Gasteiger partial charge is 0.341 e. The molecular weight excluding hydrogens is 564 g/mol. The standard InChI is InChI=1S/C31H35ClN2O4S2/c1-5-38-30(37)28-24-14-11-20(31(2,3)4)16-25(24)40-29(28)34-27(36)18-39-23-8-6-7-22(17-23)33-26(35)15-19-9-12-21(32)13-10-19/h6-10,12-13,17,20H,5,11,14-16,18H2,1-4H3,(H,33,35)(H,34,36). The van der Waals surface area contributed by atoms with Gasteiger partial charge >= 0.3 is 5.97 Å². The molecule has 4 rings (SSSR count). The first-order valence-electron chi connectivity index (χ1n) is 13.4. The Morgan fingerprint density at radius 3 is 2.52 bits per heavy atom. The van der Waals surface area contributed by atoms with Crippen LogP contribution in [0.25, 0.3) is 0 Å². The lowest BCUT2D eigenvalue weighted by atomic mass is 9.72. The molecule has 6 nitrogen and oxygen atoms in total. The van der Waals surface area contributed by atoms with Crippen LogP contribution < -0.4 is 10.6 Å². The third kappa shape index (κ3) is 7.89. The molecule has 0 aliphatic heterocycles. The van der Waals surface area contributed by atoms with Crippen molar-refractivity contribution in [3.05, 3.63) is 75.1 Å². The molecule has 2 aromatic carbocycles. The number of benzene rings is 2. The van der Waals surface area contributed by atoms with E-state index >= 15 is 0 Å². The number of hydrogen-bond donors (Lipinski definition) is 2. The minimum absolute atomic E-state index is 0.135. The lowest BCUT2D eigenvalue weighted by molar-refractivity contribution is -0.115. The van der Waals surface area contributed by atoms with Crippen molar-refractivity contribution in [2.45, 2.75) is 58.3 Å². The fourth-order valence-electron chi connectivity index (χ4n) is 4.80. The van der Waals surface area contributed by atoms with Gasteiger partial charge in [0.15, 0.2) is 0 Å². The molecule has 0 saturated carbocycles. The van der Waals surface area contributed by atoms with Gasteiger partial charge < -0.3 is 15.4 Å². The summed E-state index contributed by atoms with van der Waals surface area (Å²) in [5.41, 5.74) is 3.24. The number of nitrogens with one attached hydrogen (secondary N) is 2. The fourth-order valence-corrected chi connectivity index (χ4v) is 7.01. The number of carbonyl (C=O) groups is 3. The van der Waals surface area contributed by atoms with Gasteiger partial charge in [-0.2, -0.15) is 0 Å². The zero-order valence-corrected chi connectivity index (χ0v) is 25.7. The fraction of sp³-hybridized carbons (Fsp3) is 0.387. The van der Waals surface area contributed by atoms with Crippen LogP contribution in [0.1, 0.15) is 60.5 Å².